The van der Waals surface area contributed by atoms with Crippen molar-refractivity contribution in [2.75, 3.05) is 5.32 Å². The van der Waals surface area contributed by atoms with Crippen molar-refractivity contribution in [3.8, 4) is 22.8 Å². The number of nitrogens with zero attached hydrogens (tertiary/aromatic N) is 1. The monoisotopic (exact) mass is 389 g/mol. The molecule has 138 valence electrons. The molecule has 5 nitrogen and oxygen atoms in total. The van der Waals surface area contributed by atoms with Crippen molar-refractivity contribution in [2.24, 2.45) is 0 Å². The van der Waals surface area contributed by atoms with Crippen LogP contribution in [0.25, 0.3) is 11.3 Å². The molecule has 1 amide bonds. The van der Waals surface area contributed by atoms with Crippen LogP contribution >= 0.6 is 11.6 Å². The fourth-order valence-corrected chi connectivity index (χ4v) is 2.91. The fraction of sp³-hybridized carbons (Fsp3) is 0. The van der Waals surface area contributed by atoms with Crippen LogP contribution in [0.15, 0.2) is 84.9 Å². The topological polar surface area (TPSA) is 67.0 Å². The third-order valence-electron chi connectivity index (χ3n) is 4.06. The molecule has 0 bridgehead atoms. The molecule has 0 saturated heterocycles. The van der Waals surface area contributed by atoms with Crippen LogP contribution in [-0.2, 0) is 0 Å². The van der Waals surface area contributed by atoms with E-state index in [9.17, 15) is 4.79 Å². The second-order valence-electron chi connectivity index (χ2n) is 6.04. The Balaban J connectivity index is 1.43. The van der Waals surface area contributed by atoms with Crippen molar-refractivity contribution in [3.63, 3.8) is 0 Å². The summed E-state index contributed by atoms with van der Waals surface area (Å²) in [5.74, 6) is 1.15. The number of halogens is 1. The zero-order chi connectivity index (χ0) is 19.3. The molecule has 3 aromatic carbocycles. The predicted octanol–water partition coefficient (Wildman–Crippen LogP) is 5.77. The van der Waals surface area contributed by atoms with E-state index in [-0.39, 0.29) is 5.91 Å². The van der Waals surface area contributed by atoms with Gasteiger partial charge in [0.15, 0.2) is 0 Å². The number of hydrogen-bond acceptors (Lipinski definition) is 3. The smallest absolute Gasteiger partial charge is 0.273 e. The van der Waals surface area contributed by atoms with Gasteiger partial charge < -0.3 is 10.1 Å². The predicted molar refractivity (Wildman–Crippen MR) is 110 cm³/mol. The summed E-state index contributed by atoms with van der Waals surface area (Å²) < 4.78 is 5.75. The number of anilines is 1. The Morgan fingerprint density at radius 2 is 1.57 bits per heavy atom. The van der Waals surface area contributed by atoms with Crippen LogP contribution in [0.4, 0.5) is 5.69 Å². The quantitative estimate of drug-likeness (QED) is 0.455. The number of ether oxygens (including phenoxy) is 1. The molecule has 0 fully saturated rings. The standard InChI is InChI=1S/C22H16ClN3O2/c23-19-9-5-4-8-18(19)20-14-21(26-25-20)22(27)24-15-10-12-17(13-11-15)28-16-6-2-1-3-7-16/h1-14H,(H,24,27)(H,25,26). The van der Waals surface area contributed by atoms with Gasteiger partial charge in [0.25, 0.3) is 5.91 Å². The van der Waals surface area contributed by atoms with Crippen LogP contribution in [0.1, 0.15) is 10.5 Å². The molecule has 0 saturated carbocycles. The molecule has 4 aromatic rings. The molecule has 0 aliphatic rings. The highest BCUT2D eigenvalue weighted by molar-refractivity contribution is 6.33. The van der Waals surface area contributed by atoms with Crippen LogP contribution in [0.2, 0.25) is 5.02 Å². The van der Waals surface area contributed by atoms with E-state index in [1.807, 2.05) is 48.5 Å². The maximum absolute atomic E-state index is 12.5. The second-order valence-corrected chi connectivity index (χ2v) is 6.45. The average molecular weight is 390 g/mol. The molecule has 1 heterocycles. The lowest BCUT2D eigenvalue weighted by molar-refractivity contribution is 0.102. The summed E-state index contributed by atoms with van der Waals surface area (Å²) in [6.45, 7) is 0. The van der Waals surface area contributed by atoms with E-state index in [0.29, 0.717) is 27.8 Å². The first-order chi connectivity index (χ1) is 13.7. The minimum Gasteiger partial charge on any atom is -0.457 e. The number of benzene rings is 3. The number of para-hydroxylation sites is 1. The number of aromatic amines is 1. The molecule has 0 radical (unpaired) electrons. The molecule has 6 heteroatoms. The SMILES string of the molecule is O=C(Nc1ccc(Oc2ccccc2)cc1)c1cc(-c2ccccc2Cl)n[nH]1. The summed E-state index contributed by atoms with van der Waals surface area (Å²) in [5.41, 5.74) is 2.38. The van der Waals surface area contributed by atoms with Gasteiger partial charge in [-0.3, -0.25) is 9.89 Å². The molecule has 0 aliphatic carbocycles. The van der Waals surface area contributed by atoms with Crippen molar-refractivity contribution in [1.82, 2.24) is 10.2 Å². The van der Waals surface area contributed by atoms with Crippen molar-refractivity contribution in [2.45, 2.75) is 0 Å². The van der Waals surface area contributed by atoms with Crippen LogP contribution in [0.5, 0.6) is 11.5 Å². The number of nitrogens with one attached hydrogen (secondary N) is 2. The van der Waals surface area contributed by atoms with Gasteiger partial charge in [-0.25, -0.2) is 0 Å². The van der Waals surface area contributed by atoms with E-state index >= 15 is 0 Å². The highest BCUT2D eigenvalue weighted by Crippen LogP contribution is 2.27. The van der Waals surface area contributed by atoms with Gasteiger partial charge in [-0.15, -0.1) is 0 Å². The Bertz CT molecular complexity index is 1090. The maximum Gasteiger partial charge on any atom is 0.273 e. The molecule has 0 atom stereocenters. The van der Waals surface area contributed by atoms with Crippen molar-refractivity contribution >= 4 is 23.2 Å². The Labute approximate surface area is 166 Å². The summed E-state index contributed by atoms with van der Waals surface area (Å²) in [5, 5.41) is 10.3. The summed E-state index contributed by atoms with van der Waals surface area (Å²) in [6, 6.07) is 25.7. The highest BCUT2D eigenvalue weighted by Gasteiger charge is 2.13. The molecule has 28 heavy (non-hydrogen) atoms. The Morgan fingerprint density at radius 3 is 2.32 bits per heavy atom. The van der Waals surface area contributed by atoms with Crippen LogP contribution < -0.4 is 10.1 Å². The fourth-order valence-electron chi connectivity index (χ4n) is 2.67. The normalized spacial score (nSPS) is 10.5. The van der Waals surface area contributed by atoms with Gasteiger partial charge in [0.2, 0.25) is 0 Å². The minimum atomic E-state index is -0.289. The van der Waals surface area contributed by atoms with E-state index in [1.54, 1.807) is 36.4 Å². The minimum absolute atomic E-state index is 0.289. The van der Waals surface area contributed by atoms with E-state index in [4.69, 9.17) is 16.3 Å². The number of aromatic nitrogens is 2. The highest BCUT2D eigenvalue weighted by atomic mass is 35.5. The maximum atomic E-state index is 12.5. The van der Waals surface area contributed by atoms with Gasteiger partial charge in [-0.1, -0.05) is 48.0 Å². The molecule has 0 aliphatic heterocycles. The Kier molecular flexibility index (Phi) is 5.08. The van der Waals surface area contributed by atoms with Gasteiger partial charge in [0.1, 0.15) is 17.2 Å². The first-order valence-electron chi connectivity index (χ1n) is 8.64. The number of H-pyrrole nitrogens is 1. The second kappa shape index (κ2) is 7.98. The number of hydrogen-bond donors (Lipinski definition) is 2. The molecular formula is C22H16ClN3O2. The van der Waals surface area contributed by atoms with Gasteiger partial charge in [-0.05, 0) is 48.5 Å². The number of carbonyl (C=O) groups is 1. The Morgan fingerprint density at radius 1 is 0.893 bits per heavy atom. The Hall–Kier alpha value is -3.57. The van der Waals surface area contributed by atoms with E-state index < -0.39 is 0 Å². The van der Waals surface area contributed by atoms with Gasteiger partial charge in [0.05, 0.1) is 10.7 Å². The number of amides is 1. The van der Waals surface area contributed by atoms with Crippen molar-refractivity contribution in [1.29, 1.82) is 0 Å². The first kappa shape index (κ1) is 17.8. The van der Waals surface area contributed by atoms with E-state index in [2.05, 4.69) is 15.5 Å². The third kappa shape index (κ3) is 4.05. The van der Waals surface area contributed by atoms with Crippen molar-refractivity contribution < 1.29 is 9.53 Å². The zero-order valence-corrected chi connectivity index (χ0v) is 15.5. The summed E-state index contributed by atoms with van der Waals surface area (Å²) in [4.78, 5) is 12.5. The van der Waals surface area contributed by atoms with E-state index in [0.717, 1.165) is 11.3 Å². The molecule has 1 aromatic heterocycles. The third-order valence-corrected chi connectivity index (χ3v) is 4.39. The van der Waals surface area contributed by atoms with Gasteiger partial charge in [0, 0.05) is 11.3 Å². The van der Waals surface area contributed by atoms with Crippen LogP contribution in [-0.4, -0.2) is 16.1 Å². The zero-order valence-electron chi connectivity index (χ0n) is 14.7. The lowest BCUT2D eigenvalue weighted by Gasteiger charge is -2.07. The average Bonchev–Trinajstić information content (AvgIpc) is 3.21. The van der Waals surface area contributed by atoms with E-state index in [1.165, 1.54) is 0 Å². The summed E-state index contributed by atoms with van der Waals surface area (Å²) in [7, 11) is 0. The molecule has 0 unspecified atom stereocenters. The van der Waals surface area contributed by atoms with Crippen molar-refractivity contribution in [3.05, 3.63) is 95.6 Å². The molecule has 0 spiro atoms. The summed E-state index contributed by atoms with van der Waals surface area (Å²) >= 11 is 6.18. The first-order valence-corrected chi connectivity index (χ1v) is 9.01. The lowest BCUT2D eigenvalue weighted by atomic mass is 10.1. The van der Waals surface area contributed by atoms with Crippen LogP contribution in [0.3, 0.4) is 0 Å². The molecular weight excluding hydrogens is 374 g/mol. The van der Waals surface area contributed by atoms with Gasteiger partial charge >= 0.3 is 0 Å². The lowest BCUT2D eigenvalue weighted by Crippen LogP contribution is -2.12. The largest absolute Gasteiger partial charge is 0.457 e. The summed E-state index contributed by atoms with van der Waals surface area (Å²) in [6.07, 6.45) is 0. The number of carbonyl (C=O) groups excluding carboxylic acids is 1. The molecule has 4 rings (SSSR count). The van der Waals surface area contributed by atoms with Gasteiger partial charge in [-0.2, -0.15) is 5.10 Å². The van der Waals surface area contributed by atoms with Crippen LogP contribution in [0, 0.1) is 0 Å². The number of rotatable bonds is 5. The molecule has 2 N–H and O–H groups in total.